The van der Waals surface area contributed by atoms with E-state index in [4.69, 9.17) is 0 Å². The Kier molecular flexibility index (Phi) is 7.44. The zero-order chi connectivity index (χ0) is 25.1. The van der Waals surface area contributed by atoms with Crippen LogP contribution in [-0.4, -0.2) is 79.9 Å². The molecule has 8 heteroatoms. The molecule has 8 nitrogen and oxygen atoms in total. The molecule has 0 aliphatic carbocycles. The Balaban J connectivity index is 1.10. The molecule has 1 N–H and O–H groups in total. The molecule has 36 heavy (non-hydrogen) atoms. The van der Waals surface area contributed by atoms with Crippen LogP contribution < -0.4 is 0 Å². The maximum atomic E-state index is 13.1. The Bertz CT molecular complexity index is 1120. The molecule has 0 saturated carbocycles. The molecule has 0 unspecified atom stereocenters. The van der Waals surface area contributed by atoms with Crippen molar-refractivity contribution >= 4 is 16.9 Å². The van der Waals surface area contributed by atoms with E-state index in [0.717, 1.165) is 48.1 Å². The lowest BCUT2D eigenvalue weighted by Crippen LogP contribution is -2.43. The Labute approximate surface area is 214 Å². The summed E-state index contributed by atoms with van der Waals surface area (Å²) in [6.07, 6.45) is 7.99. The Hall–Kier alpha value is -2.71. The number of hydrogen-bond acceptors (Lipinski definition) is 5. The Morgan fingerprint density at radius 3 is 2.69 bits per heavy atom. The van der Waals surface area contributed by atoms with Gasteiger partial charge in [0.2, 0.25) is 5.91 Å². The van der Waals surface area contributed by atoms with E-state index < -0.39 is 0 Å². The zero-order valence-corrected chi connectivity index (χ0v) is 22.1. The normalized spacial score (nSPS) is 18.3. The molecule has 2 aliphatic rings. The van der Waals surface area contributed by atoms with Crippen LogP contribution in [0.3, 0.4) is 0 Å². The highest BCUT2D eigenvalue weighted by molar-refractivity contribution is 5.76. The SMILES string of the molecule is CC(C)CN1CCC2(CC1)CCN(C(=O)CCn1ccnc1CN(C)Cc1nc3ccccc3[nH]1)C2. The highest BCUT2D eigenvalue weighted by atomic mass is 16.2. The maximum absolute atomic E-state index is 13.1. The van der Waals surface area contributed by atoms with Gasteiger partial charge in [-0.1, -0.05) is 26.0 Å². The topological polar surface area (TPSA) is 73.3 Å². The number of hydrogen-bond donors (Lipinski definition) is 1. The second-order valence-electron chi connectivity index (χ2n) is 11.4. The first-order valence-electron chi connectivity index (χ1n) is 13.5. The number of nitrogens with one attached hydrogen (secondary N) is 1. The van der Waals surface area contributed by atoms with Crippen molar-refractivity contribution in [3.05, 3.63) is 48.3 Å². The molecule has 0 bridgehead atoms. The summed E-state index contributed by atoms with van der Waals surface area (Å²) >= 11 is 0. The summed E-state index contributed by atoms with van der Waals surface area (Å²) in [4.78, 5) is 32.7. The van der Waals surface area contributed by atoms with E-state index in [0.29, 0.717) is 31.5 Å². The first kappa shape index (κ1) is 25.0. The van der Waals surface area contributed by atoms with Gasteiger partial charge in [0.1, 0.15) is 11.6 Å². The van der Waals surface area contributed by atoms with Crippen LogP contribution in [0, 0.1) is 11.3 Å². The van der Waals surface area contributed by atoms with Crippen molar-refractivity contribution in [2.45, 2.75) is 59.2 Å². The summed E-state index contributed by atoms with van der Waals surface area (Å²) in [6.45, 7) is 12.1. The quantitative estimate of drug-likeness (QED) is 0.494. The largest absolute Gasteiger partial charge is 0.342 e. The number of carbonyl (C=O) groups is 1. The molecule has 4 heterocycles. The van der Waals surface area contributed by atoms with Crippen LogP contribution in [-0.2, 0) is 24.4 Å². The molecular formula is C28H41N7O. The van der Waals surface area contributed by atoms with E-state index in [2.05, 4.69) is 55.1 Å². The minimum Gasteiger partial charge on any atom is -0.342 e. The standard InChI is InChI=1S/C28H41N7O/c1-22(2)18-33-14-9-28(10-15-33)11-16-35(21-28)27(36)8-13-34-17-12-29-26(34)20-32(3)19-25-30-23-6-4-5-7-24(23)31-25/h4-7,12,17,22H,8-11,13-16,18-21H2,1-3H3,(H,30,31). The third-order valence-corrected chi connectivity index (χ3v) is 7.97. The van der Waals surface area contributed by atoms with Crippen molar-refractivity contribution < 1.29 is 4.79 Å². The number of piperidine rings is 1. The third-order valence-electron chi connectivity index (χ3n) is 7.97. The van der Waals surface area contributed by atoms with Gasteiger partial charge in [0.15, 0.2) is 0 Å². The summed E-state index contributed by atoms with van der Waals surface area (Å²) < 4.78 is 2.13. The van der Waals surface area contributed by atoms with Crippen molar-refractivity contribution in [3.63, 3.8) is 0 Å². The lowest BCUT2D eigenvalue weighted by atomic mass is 9.77. The smallest absolute Gasteiger partial charge is 0.224 e. The molecule has 5 rings (SSSR count). The molecule has 2 saturated heterocycles. The van der Waals surface area contributed by atoms with Gasteiger partial charge < -0.3 is 19.4 Å². The summed E-state index contributed by atoms with van der Waals surface area (Å²) in [5.74, 6) is 2.94. The van der Waals surface area contributed by atoms with E-state index in [1.807, 2.05) is 36.7 Å². The number of para-hydroxylation sites is 2. The predicted molar refractivity (Wildman–Crippen MR) is 142 cm³/mol. The number of fused-ring (bicyclic) bond motifs is 1. The molecule has 1 spiro atoms. The first-order valence-corrected chi connectivity index (χ1v) is 13.5. The van der Waals surface area contributed by atoms with Crippen molar-refractivity contribution in [1.82, 2.24) is 34.2 Å². The lowest BCUT2D eigenvalue weighted by Gasteiger charge is -2.39. The van der Waals surface area contributed by atoms with Gasteiger partial charge in [-0.2, -0.15) is 0 Å². The van der Waals surface area contributed by atoms with Crippen LogP contribution in [0.25, 0.3) is 11.0 Å². The Morgan fingerprint density at radius 1 is 1.14 bits per heavy atom. The summed E-state index contributed by atoms with van der Waals surface area (Å²) in [5.41, 5.74) is 2.40. The second kappa shape index (κ2) is 10.7. The number of aryl methyl sites for hydroxylation is 1. The van der Waals surface area contributed by atoms with E-state index in [1.165, 1.54) is 32.5 Å². The molecule has 1 aromatic carbocycles. The first-order chi connectivity index (χ1) is 17.4. The van der Waals surface area contributed by atoms with Crippen LogP contribution in [0.4, 0.5) is 0 Å². The number of nitrogens with zero attached hydrogens (tertiary/aromatic N) is 6. The van der Waals surface area contributed by atoms with Gasteiger partial charge in [-0.25, -0.2) is 9.97 Å². The molecule has 1 amide bonds. The number of likely N-dealkylation sites (tertiary alicyclic amines) is 2. The highest BCUT2D eigenvalue weighted by Gasteiger charge is 2.41. The molecule has 2 aliphatic heterocycles. The summed E-state index contributed by atoms with van der Waals surface area (Å²) in [6, 6.07) is 8.10. The zero-order valence-electron chi connectivity index (χ0n) is 22.1. The van der Waals surface area contributed by atoms with Crippen molar-refractivity contribution in [2.75, 3.05) is 39.8 Å². The molecular weight excluding hydrogens is 450 g/mol. The fraction of sp³-hybridized carbons (Fsp3) is 0.607. The number of H-pyrrole nitrogens is 1. The molecule has 194 valence electrons. The van der Waals surface area contributed by atoms with Crippen LogP contribution >= 0.6 is 0 Å². The van der Waals surface area contributed by atoms with Crippen LogP contribution in [0.5, 0.6) is 0 Å². The fourth-order valence-corrected chi connectivity index (χ4v) is 5.99. The van der Waals surface area contributed by atoms with E-state index >= 15 is 0 Å². The van der Waals surface area contributed by atoms with Gasteiger partial charge in [-0.05, 0) is 62.9 Å². The number of aromatic nitrogens is 4. The number of aromatic amines is 1. The predicted octanol–water partition coefficient (Wildman–Crippen LogP) is 3.75. The molecule has 3 aromatic rings. The van der Waals surface area contributed by atoms with Crippen molar-refractivity contribution in [1.29, 1.82) is 0 Å². The molecule has 0 atom stereocenters. The average molecular weight is 492 g/mol. The van der Waals surface area contributed by atoms with Crippen molar-refractivity contribution in [3.8, 4) is 0 Å². The van der Waals surface area contributed by atoms with Crippen molar-refractivity contribution in [2.24, 2.45) is 11.3 Å². The minimum absolute atomic E-state index is 0.284. The van der Waals surface area contributed by atoms with E-state index in [1.54, 1.807) is 0 Å². The highest BCUT2D eigenvalue weighted by Crippen LogP contribution is 2.40. The lowest BCUT2D eigenvalue weighted by molar-refractivity contribution is -0.131. The number of imidazole rings is 2. The summed E-state index contributed by atoms with van der Waals surface area (Å²) in [5, 5.41) is 0. The van der Waals surface area contributed by atoms with Gasteiger partial charge in [0, 0.05) is 45.0 Å². The molecule has 0 radical (unpaired) electrons. The van der Waals surface area contributed by atoms with Gasteiger partial charge in [-0.15, -0.1) is 0 Å². The Morgan fingerprint density at radius 2 is 1.92 bits per heavy atom. The summed E-state index contributed by atoms with van der Waals surface area (Å²) in [7, 11) is 2.08. The molecule has 2 aromatic heterocycles. The number of rotatable bonds is 9. The number of carbonyl (C=O) groups excluding carboxylic acids is 1. The third kappa shape index (κ3) is 5.81. The van der Waals surface area contributed by atoms with Gasteiger partial charge in [0.25, 0.3) is 0 Å². The van der Waals surface area contributed by atoms with E-state index in [9.17, 15) is 4.79 Å². The van der Waals surface area contributed by atoms with Gasteiger partial charge in [-0.3, -0.25) is 9.69 Å². The van der Waals surface area contributed by atoms with Crippen LogP contribution in [0.2, 0.25) is 0 Å². The van der Waals surface area contributed by atoms with E-state index in [-0.39, 0.29) is 5.91 Å². The number of amides is 1. The van der Waals surface area contributed by atoms with Gasteiger partial charge >= 0.3 is 0 Å². The molecule has 2 fully saturated rings. The maximum Gasteiger partial charge on any atom is 0.224 e. The van der Waals surface area contributed by atoms with Crippen LogP contribution in [0.15, 0.2) is 36.7 Å². The monoisotopic (exact) mass is 491 g/mol. The van der Waals surface area contributed by atoms with Crippen LogP contribution in [0.1, 0.15) is 51.2 Å². The fourth-order valence-electron chi connectivity index (χ4n) is 5.99. The average Bonchev–Trinajstić information content (AvgIpc) is 3.57. The minimum atomic E-state index is 0.284. The number of benzene rings is 1. The van der Waals surface area contributed by atoms with Gasteiger partial charge in [0.05, 0.1) is 24.1 Å². The second-order valence-corrected chi connectivity index (χ2v) is 11.4.